The maximum atomic E-state index is 14.0. The number of fused-ring (bicyclic) bond motifs is 1. The van der Waals surface area contributed by atoms with Crippen LogP contribution in [0.5, 0.6) is 11.5 Å². The quantitative estimate of drug-likeness (QED) is 0.146. The van der Waals surface area contributed by atoms with E-state index in [-0.39, 0.29) is 42.1 Å². The zero-order valence-electron chi connectivity index (χ0n) is 23.6. The molecule has 1 aliphatic heterocycles. The molecule has 2 heterocycles. The second-order valence-corrected chi connectivity index (χ2v) is 9.98. The maximum Gasteiger partial charge on any atom is 0.277 e. The molecule has 4 aromatic rings. The Bertz CT molecular complexity index is 1580. The number of nitrogens with zero attached hydrogens (tertiary/aromatic N) is 3. The standard InChI is InChI=1S/C35H35N3O4/c1-3-5-22-36-26-38(32(28-17-11-8-12-18-28)29-19-13-14-20-31(29)41-24-6-4-2)37-23-21-30(39)34(33(37)35(36)40)42-25-27-15-9-7-10-16-27/h3-4,7-21,23,32H,1-2,5-6,22,24-26H2. The van der Waals surface area contributed by atoms with Gasteiger partial charge in [0.1, 0.15) is 25.1 Å². The molecule has 3 aromatic carbocycles. The van der Waals surface area contributed by atoms with Crippen molar-refractivity contribution in [3.63, 3.8) is 0 Å². The van der Waals surface area contributed by atoms with E-state index in [0.29, 0.717) is 26.0 Å². The SMILES string of the molecule is C=CCCOc1ccccc1C(c1ccccc1)N1CN(CCC=C)C(=O)c2c(OCc3ccccc3)c(=O)ccn21. The zero-order valence-corrected chi connectivity index (χ0v) is 23.6. The first-order valence-corrected chi connectivity index (χ1v) is 14.1. The van der Waals surface area contributed by atoms with Crippen LogP contribution in [0.3, 0.4) is 0 Å². The van der Waals surface area contributed by atoms with E-state index in [0.717, 1.165) is 22.4 Å². The molecule has 0 saturated carbocycles. The molecule has 7 heteroatoms. The Morgan fingerprint density at radius 1 is 0.810 bits per heavy atom. The Labute approximate surface area is 246 Å². The van der Waals surface area contributed by atoms with Crippen molar-refractivity contribution in [3.05, 3.63) is 155 Å². The van der Waals surface area contributed by atoms with E-state index in [1.54, 1.807) is 21.8 Å². The fourth-order valence-corrected chi connectivity index (χ4v) is 5.11. The zero-order chi connectivity index (χ0) is 29.3. The Morgan fingerprint density at radius 3 is 2.24 bits per heavy atom. The van der Waals surface area contributed by atoms with Crippen molar-refractivity contribution in [1.29, 1.82) is 0 Å². The van der Waals surface area contributed by atoms with Crippen LogP contribution in [-0.4, -0.2) is 35.3 Å². The average molecular weight is 562 g/mol. The molecule has 0 N–H and O–H groups in total. The smallest absolute Gasteiger partial charge is 0.277 e. The van der Waals surface area contributed by atoms with Crippen LogP contribution in [0.1, 0.15) is 46.1 Å². The lowest BCUT2D eigenvalue weighted by Crippen LogP contribution is -2.55. The van der Waals surface area contributed by atoms with Gasteiger partial charge in [-0.1, -0.05) is 91.0 Å². The number of amides is 1. The van der Waals surface area contributed by atoms with Gasteiger partial charge in [0.05, 0.1) is 6.61 Å². The summed E-state index contributed by atoms with van der Waals surface area (Å²) in [7, 11) is 0. The Balaban J connectivity index is 1.66. The summed E-state index contributed by atoms with van der Waals surface area (Å²) in [6.45, 7) is 9.04. The van der Waals surface area contributed by atoms with Crippen molar-refractivity contribution in [2.24, 2.45) is 0 Å². The van der Waals surface area contributed by atoms with Crippen LogP contribution >= 0.6 is 0 Å². The topological polar surface area (TPSA) is 64.0 Å². The van der Waals surface area contributed by atoms with Crippen LogP contribution in [0.25, 0.3) is 0 Å². The molecule has 0 spiro atoms. The van der Waals surface area contributed by atoms with E-state index in [4.69, 9.17) is 9.47 Å². The molecular weight excluding hydrogens is 526 g/mol. The number of rotatable bonds is 13. The number of pyridine rings is 1. The van der Waals surface area contributed by atoms with Crippen LogP contribution in [0.4, 0.5) is 0 Å². The van der Waals surface area contributed by atoms with E-state index in [1.807, 2.05) is 78.9 Å². The van der Waals surface area contributed by atoms with E-state index in [9.17, 15) is 9.59 Å². The second-order valence-electron chi connectivity index (χ2n) is 9.98. The van der Waals surface area contributed by atoms with Crippen LogP contribution in [0, 0.1) is 0 Å². The largest absolute Gasteiger partial charge is 0.493 e. The van der Waals surface area contributed by atoms with Gasteiger partial charge in [-0.2, -0.15) is 0 Å². The lowest BCUT2D eigenvalue weighted by molar-refractivity contribution is 0.0679. The van der Waals surface area contributed by atoms with E-state index in [2.05, 4.69) is 30.3 Å². The summed E-state index contributed by atoms with van der Waals surface area (Å²) < 4.78 is 14.1. The first-order chi connectivity index (χ1) is 20.6. The molecule has 1 amide bonds. The van der Waals surface area contributed by atoms with Gasteiger partial charge >= 0.3 is 0 Å². The Kier molecular flexibility index (Phi) is 9.19. The molecule has 214 valence electrons. The van der Waals surface area contributed by atoms with Crippen molar-refractivity contribution in [3.8, 4) is 11.5 Å². The molecule has 0 saturated heterocycles. The fourth-order valence-electron chi connectivity index (χ4n) is 5.11. The minimum absolute atomic E-state index is 0.0296. The molecule has 0 bridgehead atoms. The van der Waals surface area contributed by atoms with Crippen molar-refractivity contribution < 1.29 is 14.3 Å². The van der Waals surface area contributed by atoms with Crippen LogP contribution in [0.2, 0.25) is 0 Å². The van der Waals surface area contributed by atoms with E-state index in [1.165, 1.54) is 6.07 Å². The first kappa shape index (κ1) is 28.5. The minimum Gasteiger partial charge on any atom is -0.493 e. The Hall–Kier alpha value is -5.04. The number of ether oxygens (including phenoxy) is 2. The highest BCUT2D eigenvalue weighted by Gasteiger charge is 2.37. The van der Waals surface area contributed by atoms with Crippen molar-refractivity contribution in [2.45, 2.75) is 25.5 Å². The highest BCUT2D eigenvalue weighted by Crippen LogP contribution is 2.37. The lowest BCUT2D eigenvalue weighted by atomic mass is 9.97. The van der Waals surface area contributed by atoms with E-state index >= 15 is 0 Å². The molecular formula is C35H35N3O4. The number of benzene rings is 3. The highest BCUT2D eigenvalue weighted by molar-refractivity contribution is 5.96. The monoisotopic (exact) mass is 561 g/mol. The average Bonchev–Trinajstić information content (AvgIpc) is 3.03. The van der Waals surface area contributed by atoms with Gasteiger partial charge in [0.25, 0.3) is 5.91 Å². The molecule has 5 rings (SSSR count). The summed E-state index contributed by atoms with van der Waals surface area (Å²) in [6.07, 6.45) is 6.59. The number of hydrogen-bond donors (Lipinski definition) is 0. The predicted octanol–water partition coefficient (Wildman–Crippen LogP) is 6.10. The van der Waals surface area contributed by atoms with Crippen LogP contribution in [0.15, 0.2) is 127 Å². The van der Waals surface area contributed by atoms with Gasteiger partial charge in [-0.25, -0.2) is 0 Å². The fraction of sp³-hybridized carbons (Fsp3) is 0.200. The first-order valence-electron chi connectivity index (χ1n) is 14.1. The summed E-state index contributed by atoms with van der Waals surface area (Å²) in [5.74, 6) is 0.504. The van der Waals surface area contributed by atoms with Gasteiger partial charge in [0, 0.05) is 24.4 Å². The summed E-state index contributed by atoms with van der Waals surface area (Å²) in [4.78, 5) is 28.9. The summed E-state index contributed by atoms with van der Waals surface area (Å²) in [5, 5.41) is 2.08. The van der Waals surface area contributed by atoms with Crippen molar-refractivity contribution in [1.82, 2.24) is 9.58 Å². The molecule has 7 nitrogen and oxygen atoms in total. The van der Waals surface area contributed by atoms with Gasteiger partial charge in [-0.05, 0) is 30.0 Å². The third kappa shape index (κ3) is 6.15. The number of aromatic nitrogens is 1. The molecule has 0 aliphatic carbocycles. The molecule has 0 radical (unpaired) electrons. The van der Waals surface area contributed by atoms with Crippen molar-refractivity contribution in [2.75, 3.05) is 24.8 Å². The summed E-state index contributed by atoms with van der Waals surface area (Å²) in [5.41, 5.74) is 2.69. The van der Waals surface area contributed by atoms with Gasteiger partial charge in [-0.3, -0.25) is 19.3 Å². The van der Waals surface area contributed by atoms with E-state index < -0.39 is 0 Å². The van der Waals surface area contributed by atoms with Gasteiger partial charge in [-0.15, -0.1) is 13.2 Å². The van der Waals surface area contributed by atoms with Crippen LogP contribution in [-0.2, 0) is 6.61 Å². The summed E-state index contributed by atoms with van der Waals surface area (Å²) in [6, 6.07) is 28.7. The maximum absolute atomic E-state index is 14.0. The number of hydrogen-bond acceptors (Lipinski definition) is 5. The summed E-state index contributed by atoms with van der Waals surface area (Å²) >= 11 is 0. The normalized spacial score (nSPS) is 13.3. The van der Waals surface area contributed by atoms with Crippen molar-refractivity contribution >= 4 is 5.91 Å². The van der Waals surface area contributed by atoms with Gasteiger partial charge in [0.15, 0.2) is 11.4 Å². The molecule has 1 atom stereocenters. The van der Waals surface area contributed by atoms with Gasteiger partial charge in [0.2, 0.25) is 5.43 Å². The predicted molar refractivity (Wildman–Crippen MR) is 165 cm³/mol. The molecule has 42 heavy (non-hydrogen) atoms. The lowest BCUT2D eigenvalue weighted by Gasteiger charge is -2.44. The molecule has 1 aliphatic rings. The minimum atomic E-state index is -0.353. The third-order valence-electron chi connectivity index (χ3n) is 7.15. The Morgan fingerprint density at radius 2 is 1.50 bits per heavy atom. The highest BCUT2D eigenvalue weighted by atomic mass is 16.5. The molecule has 1 aromatic heterocycles. The van der Waals surface area contributed by atoms with Crippen LogP contribution < -0.4 is 19.9 Å². The third-order valence-corrected chi connectivity index (χ3v) is 7.15. The van der Waals surface area contributed by atoms with Gasteiger partial charge < -0.3 is 14.4 Å². The number of carbonyl (C=O) groups excluding carboxylic acids is 1. The molecule has 0 fully saturated rings. The molecule has 1 unspecified atom stereocenters. The second kappa shape index (κ2) is 13.5. The number of carbonyl (C=O) groups is 1. The number of para-hydroxylation sites is 1.